The van der Waals surface area contributed by atoms with Gasteiger partial charge in [-0.25, -0.2) is 0 Å². The van der Waals surface area contributed by atoms with Crippen molar-refractivity contribution >= 4 is 8.81 Å². The van der Waals surface area contributed by atoms with Gasteiger partial charge < -0.3 is 14.0 Å². The van der Waals surface area contributed by atoms with Gasteiger partial charge in [-0.15, -0.1) is 0 Å². The van der Waals surface area contributed by atoms with Crippen LogP contribution in [0.3, 0.4) is 0 Å². The van der Waals surface area contributed by atoms with E-state index in [1.165, 1.54) is 0 Å². The summed E-state index contributed by atoms with van der Waals surface area (Å²) in [6, 6.07) is 18.7. The van der Waals surface area contributed by atoms with E-state index in [4.69, 9.17) is 14.0 Å². The van der Waals surface area contributed by atoms with Gasteiger partial charge in [0.05, 0.1) is 14.4 Å². The number of rotatable bonds is 10. The van der Waals surface area contributed by atoms with Crippen LogP contribution in [0.25, 0.3) is 0 Å². The summed E-state index contributed by atoms with van der Waals surface area (Å²) in [5.41, 5.74) is 3.43. The van der Waals surface area contributed by atoms with Crippen LogP contribution in [0.1, 0.15) is 72.4 Å². The maximum Gasteiger partial charge on any atom is 0.416 e. The zero-order valence-electron chi connectivity index (χ0n) is 20.8. The third-order valence-corrected chi connectivity index (χ3v) is 7.19. The van der Waals surface area contributed by atoms with Gasteiger partial charge in [-0.05, 0) is 71.7 Å². The Labute approximate surface area is 212 Å². The van der Waals surface area contributed by atoms with Crippen molar-refractivity contribution < 1.29 is 27.2 Å². The molecule has 3 nitrogen and oxygen atoms in total. The highest BCUT2D eigenvalue weighted by molar-refractivity contribution is 7.31. The molecule has 2 atom stereocenters. The van der Waals surface area contributed by atoms with Gasteiger partial charge in [-0.1, -0.05) is 56.3 Å². The molecule has 7 heteroatoms. The Hall–Kier alpha value is -2.56. The van der Waals surface area contributed by atoms with E-state index < -0.39 is 11.7 Å². The van der Waals surface area contributed by atoms with Gasteiger partial charge in [0.1, 0.15) is 24.5 Å². The number of fused-ring (bicyclic) bond motifs is 1. The fourth-order valence-corrected chi connectivity index (χ4v) is 5.27. The molecule has 36 heavy (non-hydrogen) atoms. The SMILES string of the molecule is CCOPCOc1cc2c(c(C(F)(F)F)c1)C(c1ccc(OCc3ccccc3)c(C(C)C)c1)CC2. The Balaban J connectivity index is 1.63. The Kier molecular flexibility index (Phi) is 8.58. The molecule has 1 aliphatic rings. The lowest BCUT2D eigenvalue weighted by Crippen LogP contribution is -2.13. The summed E-state index contributed by atoms with van der Waals surface area (Å²) < 4.78 is 59.6. The van der Waals surface area contributed by atoms with Gasteiger partial charge >= 0.3 is 6.18 Å². The van der Waals surface area contributed by atoms with E-state index in [1.807, 2.05) is 55.5 Å². The second kappa shape index (κ2) is 11.7. The molecule has 4 rings (SSSR count). The summed E-state index contributed by atoms with van der Waals surface area (Å²) in [6.07, 6.45) is -3.01. The molecule has 0 aliphatic heterocycles. The minimum absolute atomic E-state index is 0.0937. The quantitative estimate of drug-likeness (QED) is 0.200. The fourth-order valence-electron chi connectivity index (χ4n) is 4.76. The Morgan fingerprint density at radius 2 is 1.78 bits per heavy atom. The van der Waals surface area contributed by atoms with E-state index in [0.29, 0.717) is 37.2 Å². The van der Waals surface area contributed by atoms with Gasteiger partial charge in [-0.2, -0.15) is 13.2 Å². The molecule has 0 spiro atoms. The number of hydrogen-bond acceptors (Lipinski definition) is 3. The van der Waals surface area contributed by atoms with Crippen LogP contribution < -0.4 is 9.47 Å². The summed E-state index contributed by atoms with van der Waals surface area (Å²) in [4.78, 5) is 0. The summed E-state index contributed by atoms with van der Waals surface area (Å²) in [7, 11) is 0.0937. The highest BCUT2D eigenvalue weighted by Gasteiger charge is 2.40. The van der Waals surface area contributed by atoms with E-state index in [2.05, 4.69) is 13.8 Å². The number of benzene rings is 3. The van der Waals surface area contributed by atoms with Crippen molar-refractivity contribution in [3.05, 3.63) is 94.0 Å². The minimum atomic E-state index is -4.46. The van der Waals surface area contributed by atoms with E-state index in [9.17, 15) is 13.2 Å². The average molecular weight is 517 g/mol. The smallest absolute Gasteiger partial charge is 0.416 e. The van der Waals surface area contributed by atoms with Crippen LogP contribution in [0, 0.1) is 0 Å². The number of halogens is 3. The maximum absolute atomic E-state index is 14.2. The predicted molar refractivity (Wildman–Crippen MR) is 138 cm³/mol. The molecular formula is C29H32F3O3P. The third-order valence-electron chi connectivity index (χ3n) is 6.43. The molecule has 0 saturated carbocycles. The summed E-state index contributed by atoms with van der Waals surface area (Å²) >= 11 is 0. The summed E-state index contributed by atoms with van der Waals surface area (Å²) in [5.74, 6) is 0.865. The largest absolute Gasteiger partial charge is 0.489 e. The normalized spacial score (nSPS) is 15.6. The highest BCUT2D eigenvalue weighted by Crippen LogP contribution is 2.48. The van der Waals surface area contributed by atoms with Crippen molar-refractivity contribution in [2.75, 3.05) is 13.0 Å². The van der Waals surface area contributed by atoms with Crippen molar-refractivity contribution in [2.45, 2.75) is 58.2 Å². The fraction of sp³-hybridized carbons (Fsp3) is 0.379. The molecule has 0 N–H and O–H groups in total. The van der Waals surface area contributed by atoms with Crippen molar-refractivity contribution in [1.29, 1.82) is 0 Å². The van der Waals surface area contributed by atoms with E-state index in [-0.39, 0.29) is 32.7 Å². The number of aryl methyl sites for hydroxylation is 1. The van der Waals surface area contributed by atoms with Gasteiger partial charge in [0.25, 0.3) is 0 Å². The lowest BCUT2D eigenvalue weighted by atomic mass is 9.87. The zero-order valence-corrected chi connectivity index (χ0v) is 21.8. The minimum Gasteiger partial charge on any atom is -0.489 e. The molecule has 0 aromatic heterocycles. The number of ether oxygens (including phenoxy) is 2. The zero-order chi connectivity index (χ0) is 25.7. The Morgan fingerprint density at radius 1 is 1.00 bits per heavy atom. The molecule has 2 unspecified atom stereocenters. The van der Waals surface area contributed by atoms with Crippen LogP contribution in [0.2, 0.25) is 0 Å². The number of hydrogen-bond donors (Lipinski definition) is 0. The first-order chi connectivity index (χ1) is 17.3. The molecule has 192 valence electrons. The van der Waals surface area contributed by atoms with Crippen molar-refractivity contribution in [2.24, 2.45) is 0 Å². The number of alkyl halides is 3. The molecule has 0 fully saturated rings. The topological polar surface area (TPSA) is 27.7 Å². The Morgan fingerprint density at radius 3 is 2.47 bits per heavy atom. The molecule has 3 aromatic carbocycles. The standard InChI is InChI=1S/C29H32F3O3P/c1-4-35-36-18-34-23-14-22-10-12-24(28(22)26(16-23)29(30,31)32)21-11-13-27(25(15-21)19(2)3)33-17-20-8-6-5-7-9-20/h5-9,11,13-16,19,24,36H,4,10,12,17-18H2,1-3H3. The first-order valence-corrected chi connectivity index (χ1v) is 13.4. The lowest BCUT2D eigenvalue weighted by Gasteiger charge is -2.22. The van der Waals surface area contributed by atoms with Crippen molar-refractivity contribution in [3.63, 3.8) is 0 Å². The monoisotopic (exact) mass is 516 g/mol. The van der Waals surface area contributed by atoms with Crippen LogP contribution in [0.4, 0.5) is 13.2 Å². The van der Waals surface area contributed by atoms with Crippen LogP contribution in [0.15, 0.2) is 60.7 Å². The molecular weight excluding hydrogens is 484 g/mol. The molecule has 0 amide bonds. The molecule has 3 aromatic rings. The molecule has 0 saturated heterocycles. The summed E-state index contributed by atoms with van der Waals surface area (Å²) in [5, 5.41) is 0. The van der Waals surface area contributed by atoms with Crippen LogP contribution in [0.5, 0.6) is 11.5 Å². The molecule has 1 aliphatic carbocycles. The van der Waals surface area contributed by atoms with Gasteiger partial charge in [0.2, 0.25) is 0 Å². The van der Waals surface area contributed by atoms with E-state index in [1.54, 1.807) is 6.07 Å². The van der Waals surface area contributed by atoms with Crippen molar-refractivity contribution in [3.8, 4) is 11.5 Å². The van der Waals surface area contributed by atoms with Crippen LogP contribution in [-0.2, 0) is 23.7 Å². The molecule has 0 radical (unpaired) electrons. The first kappa shape index (κ1) is 26.5. The molecule has 0 heterocycles. The Bertz CT molecular complexity index is 1160. The second-order valence-corrected chi connectivity index (χ2v) is 10.1. The first-order valence-electron chi connectivity index (χ1n) is 12.3. The van der Waals surface area contributed by atoms with Gasteiger partial charge in [0.15, 0.2) is 0 Å². The third kappa shape index (κ3) is 6.22. The average Bonchev–Trinajstić information content (AvgIpc) is 3.28. The van der Waals surface area contributed by atoms with Crippen LogP contribution in [-0.4, -0.2) is 13.0 Å². The second-order valence-electron chi connectivity index (χ2n) is 9.22. The van der Waals surface area contributed by atoms with Crippen LogP contribution >= 0.6 is 8.81 Å². The van der Waals surface area contributed by atoms with E-state index >= 15 is 0 Å². The maximum atomic E-state index is 14.2. The van der Waals surface area contributed by atoms with E-state index in [0.717, 1.165) is 28.5 Å². The molecule has 0 bridgehead atoms. The van der Waals surface area contributed by atoms with Crippen molar-refractivity contribution in [1.82, 2.24) is 0 Å². The summed E-state index contributed by atoms with van der Waals surface area (Å²) in [6.45, 7) is 7.01. The lowest BCUT2D eigenvalue weighted by molar-refractivity contribution is -0.138. The predicted octanol–water partition coefficient (Wildman–Crippen LogP) is 8.45. The highest BCUT2D eigenvalue weighted by atomic mass is 31.1. The van der Waals surface area contributed by atoms with Gasteiger partial charge in [0, 0.05) is 12.5 Å². The van der Waals surface area contributed by atoms with Gasteiger partial charge in [-0.3, -0.25) is 0 Å².